The van der Waals surface area contributed by atoms with Crippen molar-refractivity contribution in [2.45, 2.75) is 24.9 Å². The van der Waals surface area contributed by atoms with Crippen LogP contribution >= 0.6 is 0 Å². The number of fused-ring (bicyclic) bond motifs is 3. The smallest absolute Gasteiger partial charge is 0.323 e. The topological polar surface area (TPSA) is 203 Å². The minimum Gasteiger partial charge on any atom is -0.511 e. The zero-order valence-corrected chi connectivity index (χ0v) is 21.7. The number of carbonyl (C=O) groups excluding carboxylic acids is 4. The van der Waals surface area contributed by atoms with Gasteiger partial charge in [0.05, 0.1) is 11.3 Å². The molecule has 3 amide bonds. The van der Waals surface area contributed by atoms with Crippen molar-refractivity contribution >= 4 is 40.6 Å². The van der Waals surface area contributed by atoms with Crippen molar-refractivity contribution in [2.75, 3.05) is 29.6 Å². The number of rotatable bonds is 4. The van der Waals surface area contributed by atoms with Crippen molar-refractivity contribution < 1.29 is 39.6 Å². The second-order valence-electron chi connectivity index (χ2n) is 10.4. The quantitative estimate of drug-likeness (QED) is 0.221. The maximum atomic E-state index is 13.9. The lowest BCUT2D eigenvalue weighted by Crippen LogP contribution is -2.57. The van der Waals surface area contributed by atoms with Gasteiger partial charge in [0, 0.05) is 43.4 Å². The first-order chi connectivity index (χ1) is 18.9. The normalized spacial score (nSPS) is 23.7. The number of amides is 3. The average Bonchev–Trinajstić information content (AvgIpc) is 2.88. The monoisotopic (exact) mass is 548 g/mol. The van der Waals surface area contributed by atoms with Gasteiger partial charge in [-0.25, -0.2) is 4.79 Å². The molecule has 0 bridgehead atoms. The van der Waals surface area contributed by atoms with Gasteiger partial charge >= 0.3 is 6.03 Å². The third kappa shape index (κ3) is 3.95. The molecule has 0 saturated heterocycles. The molecule has 8 N–H and O–H groups in total. The Bertz CT molecular complexity index is 1550. The predicted octanol–water partition coefficient (Wildman–Crippen LogP) is 2.29. The molecule has 12 nitrogen and oxygen atoms in total. The van der Waals surface area contributed by atoms with Gasteiger partial charge in [0.1, 0.15) is 17.1 Å². The summed E-state index contributed by atoms with van der Waals surface area (Å²) in [6.45, 7) is 0. The second kappa shape index (κ2) is 9.42. The maximum Gasteiger partial charge on any atom is 0.323 e. The molecule has 3 aliphatic carbocycles. The number of para-hydroxylation sites is 1. The number of carbonyl (C=O) groups is 4. The van der Waals surface area contributed by atoms with Crippen LogP contribution in [0.1, 0.15) is 28.8 Å². The Hall–Kier alpha value is -4.84. The summed E-state index contributed by atoms with van der Waals surface area (Å²) in [5, 5.41) is 49.3. The molecule has 2 aromatic carbocycles. The highest BCUT2D eigenvalue weighted by Gasteiger charge is 2.59. The number of anilines is 3. The van der Waals surface area contributed by atoms with Crippen molar-refractivity contribution in [2.24, 2.45) is 17.6 Å². The molecule has 0 radical (unpaired) electrons. The van der Waals surface area contributed by atoms with Crippen molar-refractivity contribution in [3.63, 3.8) is 0 Å². The molecule has 5 rings (SSSR count). The van der Waals surface area contributed by atoms with Gasteiger partial charge in [0.25, 0.3) is 5.91 Å². The van der Waals surface area contributed by atoms with Crippen LogP contribution in [-0.4, -0.2) is 63.6 Å². The fourth-order valence-corrected chi connectivity index (χ4v) is 5.97. The molecular formula is C28H28N4O8. The molecule has 12 heteroatoms. The van der Waals surface area contributed by atoms with E-state index in [-0.39, 0.29) is 36.1 Å². The van der Waals surface area contributed by atoms with Gasteiger partial charge in [-0.15, -0.1) is 0 Å². The number of ketones is 2. The molecule has 2 aromatic rings. The highest BCUT2D eigenvalue weighted by molar-refractivity contribution is 6.24. The van der Waals surface area contributed by atoms with Gasteiger partial charge < -0.3 is 41.7 Å². The van der Waals surface area contributed by atoms with E-state index in [2.05, 4.69) is 10.6 Å². The Morgan fingerprint density at radius 3 is 2.35 bits per heavy atom. The fraction of sp³-hybridized carbons (Fsp3) is 0.286. The van der Waals surface area contributed by atoms with Crippen LogP contribution in [-0.2, 0) is 16.0 Å². The zero-order valence-electron chi connectivity index (χ0n) is 21.7. The zero-order chi connectivity index (χ0) is 29.1. The number of Topliss-reactive ketones (excluding diaryl/α,β-unsaturated/α-hetero) is 2. The Morgan fingerprint density at radius 1 is 1.05 bits per heavy atom. The molecule has 208 valence electrons. The molecule has 40 heavy (non-hydrogen) atoms. The van der Waals surface area contributed by atoms with Crippen LogP contribution < -0.4 is 21.3 Å². The van der Waals surface area contributed by atoms with E-state index in [1.807, 2.05) is 0 Å². The number of allylic oxidation sites excluding steroid dienone is 2. The highest BCUT2D eigenvalue weighted by atomic mass is 16.3. The standard InChI is InChI=1S/C28H28N4O8/c1-32(2)17-11-16(31-27(39)30-14-6-4-3-5-7-14)22(34)20-15(17)9-12-8-13-10-18(33)21(26(29)38)25(37)28(13,40)24(36)19(12)23(20)35/h3-7,11-13,33-34,36,40H,8-10H2,1-2H3,(H2,29,38)(H2,30,31,39)/t12?,13?,28-/m0/s1. The minimum absolute atomic E-state index is 0.0238. The minimum atomic E-state index is -2.65. The summed E-state index contributed by atoms with van der Waals surface area (Å²) in [5.74, 6) is -7.16. The van der Waals surface area contributed by atoms with E-state index in [9.17, 15) is 39.6 Å². The average molecular weight is 549 g/mol. The number of benzene rings is 2. The van der Waals surface area contributed by atoms with Crippen LogP contribution in [0.25, 0.3) is 0 Å². The van der Waals surface area contributed by atoms with Gasteiger partial charge in [-0.1, -0.05) is 18.2 Å². The van der Waals surface area contributed by atoms with E-state index in [1.54, 1.807) is 49.3 Å². The molecule has 0 aromatic heterocycles. The van der Waals surface area contributed by atoms with E-state index in [0.29, 0.717) is 16.9 Å². The van der Waals surface area contributed by atoms with Crippen LogP contribution in [0.3, 0.4) is 0 Å². The van der Waals surface area contributed by atoms with Crippen molar-refractivity contribution in [1.82, 2.24) is 0 Å². The van der Waals surface area contributed by atoms with Crippen molar-refractivity contribution in [1.29, 1.82) is 0 Å². The number of phenolic OH excluding ortho intramolecular Hbond substituents is 1. The largest absolute Gasteiger partial charge is 0.511 e. The molecule has 0 spiro atoms. The molecular weight excluding hydrogens is 520 g/mol. The Morgan fingerprint density at radius 2 is 1.73 bits per heavy atom. The number of aliphatic hydroxyl groups is 3. The first-order valence-electron chi connectivity index (χ1n) is 12.5. The summed E-state index contributed by atoms with van der Waals surface area (Å²) >= 11 is 0. The fourth-order valence-electron chi connectivity index (χ4n) is 5.97. The summed E-state index contributed by atoms with van der Waals surface area (Å²) < 4.78 is 0. The predicted molar refractivity (Wildman–Crippen MR) is 144 cm³/mol. The van der Waals surface area contributed by atoms with Crippen LogP contribution in [0, 0.1) is 11.8 Å². The van der Waals surface area contributed by atoms with Gasteiger partial charge in [-0.2, -0.15) is 0 Å². The second-order valence-corrected chi connectivity index (χ2v) is 10.4. The molecule has 2 unspecified atom stereocenters. The lowest BCUT2D eigenvalue weighted by atomic mass is 9.60. The Labute approximate surface area is 228 Å². The lowest BCUT2D eigenvalue weighted by Gasteiger charge is -2.45. The van der Waals surface area contributed by atoms with Gasteiger partial charge in [0.2, 0.25) is 5.78 Å². The van der Waals surface area contributed by atoms with E-state index in [1.165, 1.54) is 6.07 Å². The van der Waals surface area contributed by atoms with E-state index < -0.39 is 63.8 Å². The highest BCUT2D eigenvalue weighted by Crippen LogP contribution is 2.53. The van der Waals surface area contributed by atoms with E-state index in [0.717, 1.165) is 0 Å². The molecule has 0 saturated carbocycles. The molecule has 0 fully saturated rings. The first kappa shape index (κ1) is 26.8. The molecule has 3 atom stereocenters. The number of nitrogens with zero attached hydrogens (tertiary/aromatic N) is 1. The van der Waals surface area contributed by atoms with Crippen molar-refractivity contribution in [3.05, 3.63) is 70.2 Å². The third-order valence-corrected chi connectivity index (χ3v) is 7.80. The number of nitrogens with two attached hydrogens (primary N) is 1. The van der Waals surface area contributed by atoms with E-state index in [4.69, 9.17) is 5.73 Å². The SMILES string of the molecule is CN(C)c1cc(NC(=O)Nc2ccccc2)c(O)c2c1CC1CC3CC(O)=C(C(N)=O)C(=O)[C@@]3(O)C(O)=C1C2=O. The van der Waals surface area contributed by atoms with Crippen LogP contribution in [0.4, 0.5) is 21.9 Å². The van der Waals surface area contributed by atoms with Crippen molar-refractivity contribution in [3.8, 4) is 5.75 Å². The number of phenols is 1. The van der Waals surface area contributed by atoms with Crippen LogP contribution in [0.15, 0.2) is 59.1 Å². The summed E-state index contributed by atoms with van der Waals surface area (Å²) in [5.41, 5.74) is 2.67. The number of urea groups is 1. The number of hydrogen-bond donors (Lipinski definition) is 7. The summed E-state index contributed by atoms with van der Waals surface area (Å²) in [6.07, 6.45) is -0.136. The number of aliphatic hydroxyl groups excluding tert-OH is 2. The number of hydrogen-bond acceptors (Lipinski definition) is 9. The molecule has 0 heterocycles. The number of nitrogens with one attached hydrogen (secondary N) is 2. The summed E-state index contributed by atoms with van der Waals surface area (Å²) in [4.78, 5) is 53.2. The van der Waals surface area contributed by atoms with Gasteiger partial charge in [0.15, 0.2) is 17.1 Å². The Balaban J connectivity index is 1.59. The van der Waals surface area contributed by atoms with Crippen LogP contribution in [0.5, 0.6) is 5.75 Å². The van der Waals surface area contributed by atoms with Crippen LogP contribution in [0.2, 0.25) is 0 Å². The number of aromatic hydroxyl groups is 1. The lowest BCUT2D eigenvalue weighted by molar-refractivity contribution is -0.144. The molecule has 0 aliphatic heterocycles. The van der Waals surface area contributed by atoms with Gasteiger partial charge in [-0.3, -0.25) is 14.4 Å². The summed E-state index contributed by atoms with van der Waals surface area (Å²) in [6, 6.07) is 9.43. The van der Waals surface area contributed by atoms with E-state index >= 15 is 0 Å². The van der Waals surface area contributed by atoms with Gasteiger partial charge in [-0.05, 0) is 42.5 Å². The molecule has 3 aliphatic rings. The first-order valence-corrected chi connectivity index (χ1v) is 12.5. The summed E-state index contributed by atoms with van der Waals surface area (Å²) in [7, 11) is 3.45. The Kier molecular flexibility index (Phi) is 6.30. The number of primary amides is 1. The maximum absolute atomic E-state index is 13.9. The third-order valence-electron chi connectivity index (χ3n) is 7.80.